The lowest BCUT2D eigenvalue weighted by atomic mass is 10.2. The van der Waals surface area contributed by atoms with E-state index in [2.05, 4.69) is 15.3 Å². The number of sulfonamides is 1. The SMILES string of the molecule is CN(C)CCCNc1c(N2CCN(S(=O)(=O)c3ccc(Cl)cc3)CC2)cnn(-c2ccccc2)c1=O. The molecule has 11 heteroatoms. The molecule has 0 radical (unpaired) electrons. The fraction of sp³-hybridized carbons (Fsp3) is 0.360. The Hall–Kier alpha value is -2.92. The number of anilines is 2. The number of piperazine rings is 1. The molecule has 0 spiro atoms. The molecule has 0 saturated carbocycles. The first-order chi connectivity index (χ1) is 17.3. The van der Waals surface area contributed by atoms with Crippen LogP contribution in [0.1, 0.15) is 6.42 Å². The van der Waals surface area contributed by atoms with Crippen LogP contribution in [0.15, 0.2) is 70.5 Å². The molecule has 4 rings (SSSR count). The summed E-state index contributed by atoms with van der Waals surface area (Å²) in [4.78, 5) is 17.8. The Balaban J connectivity index is 1.56. The van der Waals surface area contributed by atoms with Gasteiger partial charge in [0.1, 0.15) is 5.69 Å². The number of nitrogens with one attached hydrogen (secondary N) is 1. The second-order valence-electron chi connectivity index (χ2n) is 8.89. The van der Waals surface area contributed by atoms with Crippen molar-refractivity contribution in [3.05, 3.63) is 76.2 Å². The number of hydrogen-bond donors (Lipinski definition) is 1. The van der Waals surface area contributed by atoms with E-state index >= 15 is 0 Å². The summed E-state index contributed by atoms with van der Waals surface area (Å²) in [5.41, 5.74) is 1.60. The Morgan fingerprint density at radius 3 is 2.31 bits per heavy atom. The first-order valence-corrected chi connectivity index (χ1v) is 13.7. The molecule has 1 aliphatic rings. The summed E-state index contributed by atoms with van der Waals surface area (Å²) >= 11 is 5.92. The third-order valence-electron chi connectivity index (χ3n) is 6.07. The standard InChI is InChI=1S/C25H31ClN6O3S/c1-29(2)14-6-13-27-24-23(19-28-32(25(24)33)21-7-4-3-5-8-21)30-15-17-31(18-16-30)36(34,35)22-11-9-20(26)10-12-22/h3-5,7-12,19,27H,6,13-18H2,1-2H3. The smallest absolute Gasteiger partial charge is 0.296 e. The van der Waals surface area contributed by atoms with E-state index in [1.54, 1.807) is 18.3 Å². The van der Waals surface area contributed by atoms with E-state index in [4.69, 9.17) is 11.6 Å². The van der Waals surface area contributed by atoms with Crippen molar-refractivity contribution in [2.45, 2.75) is 11.3 Å². The largest absolute Gasteiger partial charge is 0.379 e. The molecule has 1 aromatic heterocycles. The molecular weight excluding hydrogens is 500 g/mol. The lowest BCUT2D eigenvalue weighted by Crippen LogP contribution is -2.49. The normalized spacial score (nSPS) is 14.8. The van der Waals surface area contributed by atoms with Crippen LogP contribution in [0.25, 0.3) is 5.69 Å². The fourth-order valence-electron chi connectivity index (χ4n) is 4.14. The second kappa shape index (κ2) is 11.4. The Bertz CT molecular complexity index is 1320. The summed E-state index contributed by atoms with van der Waals surface area (Å²) in [6, 6.07) is 15.5. The quantitative estimate of drug-likeness (QED) is 0.425. The highest BCUT2D eigenvalue weighted by Gasteiger charge is 2.30. The number of para-hydroxylation sites is 1. The predicted molar refractivity (Wildman–Crippen MR) is 144 cm³/mol. The Morgan fingerprint density at radius 2 is 1.67 bits per heavy atom. The predicted octanol–water partition coefficient (Wildman–Crippen LogP) is 2.76. The van der Waals surface area contributed by atoms with Gasteiger partial charge in [-0.05, 0) is 63.5 Å². The zero-order valence-electron chi connectivity index (χ0n) is 20.5. The average Bonchev–Trinajstić information content (AvgIpc) is 2.88. The van der Waals surface area contributed by atoms with Crippen LogP contribution < -0.4 is 15.8 Å². The summed E-state index contributed by atoms with van der Waals surface area (Å²) in [5.74, 6) is 0. The third kappa shape index (κ3) is 5.89. The van der Waals surface area contributed by atoms with Gasteiger partial charge in [0.2, 0.25) is 10.0 Å². The molecule has 3 aromatic rings. The highest BCUT2D eigenvalue weighted by molar-refractivity contribution is 7.89. The molecule has 1 saturated heterocycles. The molecule has 0 bridgehead atoms. The van der Waals surface area contributed by atoms with Gasteiger partial charge >= 0.3 is 0 Å². The summed E-state index contributed by atoms with van der Waals surface area (Å²) < 4.78 is 29.0. The van der Waals surface area contributed by atoms with Gasteiger partial charge in [0.15, 0.2) is 0 Å². The minimum absolute atomic E-state index is 0.218. The monoisotopic (exact) mass is 530 g/mol. The minimum atomic E-state index is -3.62. The molecular formula is C25H31ClN6O3S. The molecule has 1 aliphatic heterocycles. The van der Waals surface area contributed by atoms with Gasteiger partial charge in [-0.2, -0.15) is 14.1 Å². The number of aromatic nitrogens is 2. The van der Waals surface area contributed by atoms with Crippen LogP contribution in [0.3, 0.4) is 0 Å². The number of nitrogens with zero attached hydrogens (tertiary/aromatic N) is 5. The van der Waals surface area contributed by atoms with Gasteiger partial charge in [-0.15, -0.1) is 0 Å². The van der Waals surface area contributed by atoms with Crippen molar-refractivity contribution >= 4 is 33.0 Å². The molecule has 0 aliphatic carbocycles. The second-order valence-corrected chi connectivity index (χ2v) is 11.3. The Kier molecular flexibility index (Phi) is 8.30. The summed E-state index contributed by atoms with van der Waals surface area (Å²) in [5, 5.41) is 8.25. The Labute approximate surface area is 216 Å². The molecule has 0 unspecified atom stereocenters. The van der Waals surface area contributed by atoms with Gasteiger partial charge in [-0.1, -0.05) is 29.8 Å². The van der Waals surface area contributed by atoms with Gasteiger partial charge in [-0.3, -0.25) is 4.79 Å². The first-order valence-electron chi connectivity index (χ1n) is 11.8. The van der Waals surface area contributed by atoms with Crippen molar-refractivity contribution in [3.8, 4) is 5.69 Å². The lowest BCUT2D eigenvalue weighted by Gasteiger charge is -2.36. The van der Waals surface area contributed by atoms with Gasteiger partial charge in [0.05, 0.1) is 22.5 Å². The molecule has 9 nitrogen and oxygen atoms in total. The highest BCUT2D eigenvalue weighted by Crippen LogP contribution is 2.26. The maximum atomic E-state index is 13.5. The average molecular weight is 531 g/mol. The highest BCUT2D eigenvalue weighted by atomic mass is 35.5. The van der Waals surface area contributed by atoms with Crippen LogP contribution in [0.4, 0.5) is 11.4 Å². The topological polar surface area (TPSA) is 90.8 Å². The van der Waals surface area contributed by atoms with E-state index in [9.17, 15) is 13.2 Å². The van der Waals surface area contributed by atoms with Crippen molar-refractivity contribution in [1.82, 2.24) is 19.0 Å². The summed E-state index contributed by atoms with van der Waals surface area (Å²) in [7, 11) is 0.399. The zero-order chi connectivity index (χ0) is 25.7. The van der Waals surface area contributed by atoms with Gasteiger partial charge in [0, 0.05) is 37.7 Å². The van der Waals surface area contributed by atoms with E-state index in [1.165, 1.54) is 21.1 Å². The van der Waals surface area contributed by atoms with Crippen molar-refractivity contribution in [2.75, 3.05) is 63.6 Å². The number of hydrogen-bond acceptors (Lipinski definition) is 7. The Morgan fingerprint density at radius 1 is 1.00 bits per heavy atom. The molecule has 2 aromatic carbocycles. The van der Waals surface area contributed by atoms with Gasteiger partial charge < -0.3 is 15.1 Å². The van der Waals surface area contributed by atoms with E-state index < -0.39 is 10.0 Å². The van der Waals surface area contributed by atoms with E-state index in [0.29, 0.717) is 54.8 Å². The summed E-state index contributed by atoms with van der Waals surface area (Å²) in [6.45, 7) is 3.00. The van der Waals surface area contributed by atoms with Crippen molar-refractivity contribution in [1.29, 1.82) is 0 Å². The third-order valence-corrected chi connectivity index (χ3v) is 8.24. The van der Waals surface area contributed by atoms with Gasteiger partial charge in [0.25, 0.3) is 5.56 Å². The van der Waals surface area contributed by atoms with Crippen LogP contribution in [0, 0.1) is 0 Å². The van der Waals surface area contributed by atoms with Crippen LogP contribution in [-0.4, -0.2) is 80.8 Å². The maximum Gasteiger partial charge on any atom is 0.296 e. The lowest BCUT2D eigenvalue weighted by molar-refractivity contribution is 0.384. The van der Waals surface area contributed by atoms with E-state index in [0.717, 1.165) is 13.0 Å². The molecule has 192 valence electrons. The van der Waals surface area contributed by atoms with Crippen LogP contribution in [0.2, 0.25) is 5.02 Å². The van der Waals surface area contributed by atoms with Crippen LogP contribution >= 0.6 is 11.6 Å². The summed E-state index contributed by atoms with van der Waals surface area (Å²) in [6.07, 6.45) is 2.55. The molecule has 1 N–H and O–H groups in total. The van der Waals surface area contributed by atoms with Crippen molar-refractivity contribution in [3.63, 3.8) is 0 Å². The van der Waals surface area contributed by atoms with Gasteiger partial charge in [-0.25, -0.2) is 8.42 Å². The number of benzene rings is 2. The van der Waals surface area contributed by atoms with Crippen molar-refractivity contribution in [2.24, 2.45) is 0 Å². The molecule has 1 fully saturated rings. The van der Waals surface area contributed by atoms with E-state index in [-0.39, 0.29) is 10.5 Å². The van der Waals surface area contributed by atoms with Crippen molar-refractivity contribution < 1.29 is 8.42 Å². The minimum Gasteiger partial charge on any atom is -0.379 e. The zero-order valence-corrected chi connectivity index (χ0v) is 22.0. The fourth-order valence-corrected chi connectivity index (χ4v) is 5.69. The number of rotatable bonds is 9. The molecule has 0 atom stereocenters. The molecule has 36 heavy (non-hydrogen) atoms. The number of halogens is 1. The molecule has 2 heterocycles. The van der Waals surface area contributed by atoms with Crippen LogP contribution in [0.5, 0.6) is 0 Å². The first kappa shape index (κ1) is 26.2. The maximum absolute atomic E-state index is 13.5. The molecule has 0 amide bonds. The van der Waals surface area contributed by atoms with Crippen LogP contribution in [-0.2, 0) is 10.0 Å². The van der Waals surface area contributed by atoms with E-state index in [1.807, 2.05) is 49.3 Å².